The van der Waals surface area contributed by atoms with Crippen LogP contribution in [0, 0.1) is 11.8 Å². The van der Waals surface area contributed by atoms with E-state index in [-0.39, 0.29) is 36.1 Å². The number of carbonyl (C=O) groups is 3. The molecule has 0 aromatic carbocycles. The molecule has 0 spiro atoms. The van der Waals surface area contributed by atoms with E-state index >= 15 is 0 Å². The second-order valence-electron chi connectivity index (χ2n) is 5.65. The lowest BCUT2D eigenvalue weighted by Gasteiger charge is -2.25. The third kappa shape index (κ3) is 5.59. The van der Waals surface area contributed by atoms with E-state index in [4.69, 9.17) is 5.11 Å². The highest BCUT2D eigenvalue weighted by Crippen LogP contribution is 2.28. The van der Waals surface area contributed by atoms with E-state index in [1.54, 1.807) is 0 Å². The Hall–Kier alpha value is -1.59. The van der Waals surface area contributed by atoms with Crippen LogP contribution in [0.15, 0.2) is 0 Å². The van der Waals surface area contributed by atoms with Gasteiger partial charge in [-0.2, -0.15) is 0 Å². The van der Waals surface area contributed by atoms with Crippen molar-refractivity contribution in [2.45, 2.75) is 52.0 Å². The van der Waals surface area contributed by atoms with Crippen LogP contribution in [0.1, 0.15) is 46.0 Å². The van der Waals surface area contributed by atoms with Crippen molar-refractivity contribution in [2.24, 2.45) is 11.8 Å². The van der Waals surface area contributed by atoms with Crippen molar-refractivity contribution < 1.29 is 19.5 Å². The summed E-state index contributed by atoms with van der Waals surface area (Å²) >= 11 is 0. The molecule has 1 aliphatic carbocycles. The number of carbonyl (C=O) groups excluding carboxylic acids is 2. The van der Waals surface area contributed by atoms with E-state index in [2.05, 4.69) is 10.6 Å². The summed E-state index contributed by atoms with van der Waals surface area (Å²) in [5.74, 6) is -1.33. The van der Waals surface area contributed by atoms with Gasteiger partial charge in [-0.05, 0) is 39.5 Å². The SMILES string of the molecule is CC(C)NC(=O)CCNC(=O)C1CCC(C(=O)O)CC1. The van der Waals surface area contributed by atoms with Crippen LogP contribution in [-0.2, 0) is 14.4 Å². The fourth-order valence-electron chi connectivity index (χ4n) is 2.44. The molecule has 0 atom stereocenters. The van der Waals surface area contributed by atoms with Crippen molar-refractivity contribution in [1.82, 2.24) is 10.6 Å². The molecule has 0 aromatic rings. The minimum atomic E-state index is -0.769. The van der Waals surface area contributed by atoms with E-state index in [1.165, 1.54) is 0 Å². The van der Waals surface area contributed by atoms with Crippen molar-refractivity contribution in [1.29, 1.82) is 0 Å². The Bertz CT molecular complexity index is 360. The molecule has 1 saturated carbocycles. The summed E-state index contributed by atoms with van der Waals surface area (Å²) in [6.07, 6.45) is 2.61. The van der Waals surface area contributed by atoms with Gasteiger partial charge in [0.1, 0.15) is 0 Å². The predicted molar refractivity (Wildman–Crippen MR) is 74.0 cm³/mol. The molecule has 1 aliphatic rings. The highest BCUT2D eigenvalue weighted by Gasteiger charge is 2.29. The Morgan fingerprint density at radius 1 is 1.10 bits per heavy atom. The molecule has 1 rings (SSSR count). The quantitative estimate of drug-likeness (QED) is 0.675. The zero-order chi connectivity index (χ0) is 15.1. The molecular formula is C14H24N2O4. The van der Waals surface area contributed by atoms with Crippen molar-refractivity contribution in [3.05, 3.63) is 0 Å². The Morgan fingerprint density at radius 2 is 1.65 bits per heavy atom. The summed E-state index contributed by atoms with van der Waals surface area (Å²) in [5, 5.41) is 14.4. The number of nitrogens with one attached hydrogen (secondary N) is 2. The highest BCUT2D eigenvalue weighted by atomic mass is 16.4. The van der Waals surface area contributed by atoms with Crippen LogP contribution in [0.25, 0.3) is 0 Å². The monoisotopic (exact) mass is 284 g/mol. The van der Waals surface area contributed by atoms with E-state index < -0.39 is 5.97 Å². The second kappa shape index (κ2) is 7.87. The average molecular weight is 284 g/mol. The maximum Gasteiger partial charge on any atom is 0.306 e. The molecule has 1 fully saturated rings. The molecule has 0 heterocycles. The highest BCUT2D eigenvalue weighted by molar-refractivity contribution is 5.81. The van der Waals surface area contributed by atoms with Crippen LogP contribution in [0.2, 0.25) is 0 Å². The van der Waals surface area contributed by atoms with Gasteiger partial charge in [-0.25, -0.2) is 0 Å². The molecule has 0 bridgehead atoms. The molecule has 0 aromatic heterocycles. The summed E-state index contributed by atoms with van der Waals surface area (Å²) in [5.41, 5.74) is 0. The molecule has 0 unspecified atom stereocenters. The molecular weight excluding hydrogens is 260 g/mol. The van der Waals surface area contributed by atoms with Gasteiger partial charge in [-0.1, -0.05) is 0 Å². The minimum Gasteiger partial charge on any atom is -0.481 e. The van der Waals surface area contributed by atoms with Gasteiger partial charge < -0.3 is 15.7 Å². The van der Waals surface area contributed by atoms with Crippen LogP contribution in [0.5, 0.6) is 0 Å². The number of hydrogen-bond acceptors (Lipinski definition) is 3. The Labute approximate surface area is 119 Å². The zero-order valence-electron chi connectivity index (χ0n) is 12.1. The molecule has 3 N–H and O–H groups in total. The second-order valence-corrected chi connectivity index (χ2v) is 5.65. The van der Waals surface area contributed by atoms with Gasteiger partial charge in [-0.3, -0.25) is 14.4 Å². The standard InChI is InChI=1S/C14H24N2O4/c1-9(2)16-12(17)7-8-15-13(18)10-3-5-11(6-4-10)14(19)20/h9-11H,3-8H2,1-2H3,(H,15,18)(H,16,17)(H,19,20). The zero-order valence-corrected chi connectivity index (χ0v) is 12.1. The Morgan fingerprint density at radius 3 is 2.15 bits per heavy atom. The lowest BCUT2D eigenvalue weighted by atomic mass is 9.81. The third-order valence-corrected chi connectivity index (χ3v) is 3.55. The first-order valence-corrected chi connectivity index (χ1v) is 7.20. The lowest BCUT2D eigenvalue weighted by Crippen LogP contribution is -2.37. The molecule has 6 heteroatoms. The van der Waals surface area contributed by atoms with Crippen LogP contribution >= 0.6 is 0 Å². The summed E-state index contributed by atoms with van der Waals surface area (Å²) in [6, 6.07) is 0.101. The maximum absolute atomic E-state index is 11.9. The minimum absolute atomic E-state index is 0.0637. The first kappa shape index (κ1) is 16.5. The van der Waals surface area contributed by atoms with Gasteiger partial charge in [0.15, 0.2) is 0 Å². The van der Waals surface area contributed by atoms with E-state index in [9.17, 15) is 14.4 Å². The number of rotatable bonds is 6. The predicted octanol–water partition coefficient (Wildman–Crippen LogP) is 0.908. The third-order valence-electron chi connectivity index (χ3n) is 3.55. The molecule has 0 saturated heterocycles. The molecule has 6 nitrogen and oxygen atoms in total. The van der Waals surface area contributed by atoms with Gasteiger partial charge in [0.2, 0.25) is 11.8 Å². The number of carboxylic acid groups (broad SMARTS) is 1. The summed E-state index contributed by atoms with van der Waals surface area (Å²) in [4.78, 5) is 34.1. The largest absolute Gasteiger partial charge is 0.481 e. The van der Waals surface area contributed by atoms with Crippen LogP contribution in [0.3, 0.4) is 0 Å². The fourth-order valence-corrected chi connectivity index (χ4v) is 2.44. The van der Waals surface area contributed by atoms with E-state index in [0.717, 1.165) is 0 Å². The van der Waals surface area contributed by atoms with Gasteiger partial charge >= 0.3 is 5.97 Å². The first-order chi connectivity index (χ1) is 9.40. The van der Waals surface area contributed by atoms with Gasteiger partial charge in [0.05, 0.1) is 5.92 Å². The van der Waals surface area contributed by atoms with Gasteiger partial charge in [-0.15, -0.1) is 0 Å². The summed E-state index contributed by atoms with van der Waals surface area (Å²) in [7, 11) is 0. The number of amides is 2. The molecule has 2 amide bonds. The number of carboxylic acids is 1. The Balaban J connectivity index is 2.21. The summed E-state index contributed by atoms with van der Waals surface area (Å²) in [6.45, 7) is 4.10. The molecule has 0 radical (unpaired) electrons. The summed E-state index contributed by atoms with van der Waals surface area (Å²) < 4.78 is 0. The molecule has 20 heavy (non-hydrogen) atoms. The average Bonchev–Trinajstić information content (AvgIpc) is 2.37. The van der Waals surface area contributed by atoms with Crippen LogP contribution in [-0.4, -0.2) is 35.5 Å². The van der Waals surface area contributed by atoms with Crippen molar-refractivity contribution >= 4 is 17.8 Å². The number of hydrogen-bond donors (Lipinski definition) is 3. The Kier molecular flexibility index (Phi) is 6.48. The fraction of sp³-hybridized carbons (Fsp3) is 0.786. The van der Waals surface area contributed by atoms with Crippen molar-refractivity contribution in [3.8, 4) is 0 Å². The van der Waals surface area contributed by atoms with Gasteiger partial charge in [0.25, 0.3) is 0 Å². The smallest absolute Gasteiger partial charge is 0.306 e. The van der Waals surface area contributed by atoms with Crippen molar-refractivity contribution in [2.75, 3.05) is 6.54 Å². The lowest BCUT2D eigenvalue weighted by molar-refractivity contribution is -0.144. The van der Waals surface area contributed by atoms with Crippen LogP contribution in [0.4, 0.5) is 0 Å². The van der Waals surface area contributed by atoms with Crippen LogP contribution < -0.4 is 10.6 Å². The first-order valence-electron chi connectivity index (χ1n) is 7.20. The molecule has 0 aliphatic heterocycles. The number of aliphatic carboxylic acids is 1. The maximum atomic E-state index is 11.9. The normalized spacial score (nSPS) is 22.4. The van der Waals surface area contributed by atoms with E-state index in [0.29, 0.717) is 32.2 Å². The topological polar surface area (TPSA) is 95.5 Å². The molecule has 114 valence electrons. The van der Waals surface area contributed by atoms with Crippen molar-refractivity contribution in [3.63, 3.8) is 0 Å². The van der Waals surface area contributed by atoms with E-state index in [1.807, 2.05) is 13.8 Å². The van der Waals surface area contributed by atoms with Gasteiger partial charge in [0, 0.05) is 24.9 Å².